The second kappa shape index (κ2) is 11.2. The first-order valence-corrected chi connectivity index (χ1v) is 13.8. The fourth-order valence-corrected chi connectivity index (χ4v) is 5.82. The molecule has 0 bridgehead atoms. The number of benzene rings is 2. The zero-order valence-electron chi connectivity index (χ0n) is 22.6. The van der Waals surface area contributed by atoms with Crippen molar-refractivity contribution in [1.82, 2.24) is 4.57 Å². The van der Waals surface area contributed by atoms with Crippen molar-refractivity contribution in [3.63, 3.8) is 0 Å². The number of halogens is 1. The highest BCUT2D eigenvalue weighted by Gasteiger charge is 2.33. The molecule has 0 N–H and O–H groups in total. The third-order valence-electron chi connectivity index (χ3n) is 6.57. The second-order valence-electron chi connectivity index (χ2n) is 9.41. The van der Waals surface area contributed by atoms with E-state index in [4.69, 9.17) is 20.8 Å². The number of esters is 1. The predicted octanol–water partition coefficient (Wildman–Crippen LogP) is 4.69. The lowest BCUT2D eigenvalue weighted by Crippen LogP contribution is -2.39. The van der Waals surface area contributed by atoms with Gasteiger partial charge in [-0.1, -0.05) is 35.1 Å². The summed E-state index contributed by atoms with van der Waals surface area (Å²) in [4.78, 5) is 44.6. The quantitative estimate of drug-likeness (QED) is 0.173. The van der Waals surface area contributed by atoms with Gasteiger partial charge in [0.15, 0.2) is 4.80 Å². The molecule has 210 valence electrons. The highest BCUT2D eigenvalue weighted by atomic mass is 35.5. The Hall–Kier alpha value is -4.48. The molecule has 1 unspecified atom stereocenters. The van der Waals surface area contributed by atoms with E-state index in [2.05, 4.69) is 4.99 Å². The molecular formula is C29H25ClN4O6S. The summed E-state index contributed by atoms with van der Waals surface area (Å²) in [6, 6.07) is 14.2. The van der Waals surface area contributed by atoms with E-state index in [9.17, 15) is 19.7 Å². The zero-order chi connectivity index (χ0) is 29.4. The fourth-order valence-electron chi connectivity index (χ4n) is 4.58. The van der Waals surface area contributed by atoms with E-state index in [1.54, 1.807) is 32.1 Å². The van der Waals surface area contributed by atoms with Gasteiger partial charge in [-0.25, -0.2) is 9.79 Å². The Labute approximate surface area is 243 Å². The van der Waals surface area contributed by atoms with Crippen LogP contribution < -0.4 is 19.8 Å². The van der Waals surface area contributed by atoms with E-state index in [1.165, 1.54) is 34.1 Å². The lowest BCUT2D eigenvalue weighted by atomic mass is 9.95. The third-order valence-corrected chi connectivity index (χ3v) is 7.88. The van der Waals surface area contributed by atoms with Gasteiger partial charge >= 0.3 is 5.97 Å². The highest BCUT2D eigenvalue weighted by molar-refractivity contribution is 7.07. The standard InChI is InChI=1S/C29H25ClN4O6S/c1-5-39-28(36)25-16(2)31-29-33(26(25)17-6-8-18(9-7-17)32(3)4)27(35)24(41-29)15-20-11-13-23(40-20)21-14-19(34(37)38)10-12-22(21)30/h6-15,26H,5H2,1-4H3. The minimum atomic E-state index is -0.737. The Morgan fingerprint density at radius 3 is 2.61 bits per heavy atom. The predicted molar refractivity (Wildman–Crippen MR) is 157 cm³/mol. The summed E-state index contributed by atoms with van der Waals surface area (Å²) in [7, 11) is 3.86. The Morgan fingerprint density at radius 2 is 1.95 bits per heavy atom. The summed E-state index contributed by atoms with van der Waals surface area (Å²) in [5.74, 6) is 0.132. The van der Waals surface area contributed by atoms with E-state index >= 15 is 0 Å². The number of aromatic nitrogens is 1. The normalized spacial score (nSPS) is 15.0. The molecule has 10 nitrogen and oxygen atoms in total. The minimum Gasteiger partial charge on any atom is -0.463 e. The maximum Gasteiger partial charge on any atom is 0.338 e. The van der Waals surface area contributed by atoms with Crippen molar-refractivity contribution in [2.24, 2.45) is 4.99 Å². The summed E-state index contributed by atoms with van der Waals surface area (Å²) in [6.45, 7) is 3.64. The number of hydrogen-bond acceptors (Lipinski definition) is 9. The van der Waals surface area contributed by atoms with Gasteiger partial charge in [0.1, 0.15) is 11.5 Å². The van der Waals surface area contributed by atoms with Crippen molar-refractivity contribution in [3.05, 3.63) is 112 Å². The van der Waals surface area contributed by atoms with Crippen LogP contribution in [-0.2, 0) is 9.53 Å². The van der Waals surface area contributed by atoms with Crippen molar-refractivity contribution in [3.8, 4) is 11.3 Å². The van der Waals surface area contributed by atoms with Crippen LogP contribution in [-0.4, -0.2) is 36.2 Å². The summed E-state index contributed by atoms with van der Waals surface area (Å²) < 4.78 is 13.1. The number of anilines is 1. The summed E-state index contributed by atoms with van der Waals surface area (Å²) in [5.41, 5.74) is 2.36. The van der Waals surface area contributed by atoms with Crippen LogP contribution in [0.25, 0.3) is 17.4 Å². The number of ether oxygens (including phenoxy) is 1. The SMILES string of the molecule is CCOC(=O)C1=C(C)N=c2sc(=Cc3ccc(-c4cc([N+](=O)[O-])ccc4Cl)o3)c(=O)n2C1c1ccc(N(C)C)cc1. The lowest BCUT2D eigenvalue weighted by Gasteiger charge is -2.25. The number of allylic oxidation sites excluding steroid dienone is 1. The molecule has 0 radical (unpaired) electrons. The van der Waals surface area contributed by atoms with E-state index in [1.807, 2.05) is 43.3 Å². The zero-order valence-corrected chi connectivity index (χ0v) is 24.2. The van der Waals surface area contributed by atoms with Gasteiger partial charge in [0.2, 0.25) is 0 Å². The number of rotatable bonds is 7. The maximum absolute atomic E-state index is 13.8. The number of non-ortho nitro benzene ring substituents is 1. The molecule has 0 amide bonds. The Balaban J connectivity index is 1.62. The highest BCUT2D eigenvalue weighted by Crippen LogP contribution is 2.33. The molecule has 2 aromatic carbocycles. The van der Waals surface area contributed by atoms with Crippen molar-refractivity contribution in [2.75, 3.05) is 25.6 Å². The molecule has 0 aliphatic carbocycles. The molecule has 12 heteroatoms. The van der Waals surface area contributed by atoms with Crippen LogP contribution in [0.15, 0.2) is 80.1 Å². The van der Waals surface area contributed by atoms with Crippen LogP contribution in [0.5, 0.6) is 0 Å². The van der Waals surface area contributed by atoms with Gasteiger partial charge < -0.3 is 14.1 Å². The first-order chi connectivity index (χ1) is 19.6. The third kappa shape index (κ3) is 5.33. The number of nitro groups is 1. The molecule has 5 rings (SSSR count). The first-order valence-electron chi connectivity index (χ1n) is 12.6. The first kappa shape index (κ1) is 28.1. The fraction of sp³-hybridized carbons (Fsp3) is 0.207. The van der Waals surface area contributed by atoms with Crippen molar-refractivity contribution < 1.29 is 18.9 Å². The van der Waals surface area contributed by atoms with Crippen molar-refractivity contribution in [1.29, 1.82) is 0 Å². The maximum atomic E-state index is 13.8. The Kier molecular flexibility index (Phi) is 7.65. The van der Waals surface area contributed by atoms with Gasteiger partial charge in [0, 0.05) is 43.6 Å². The van der Waals surface area contributed by atoms with E-state index in [0.717, 1.165) is 11.3 Å². The van der Waals surface area contributed by atoms with Gasteiger partial charge in [-0.3, -0.25) is 19.5 Å². The second-order valence-corrected chi connectivity index (χ2v) is 10.8. The van der Waals surface area contributed by atoms with Crippen molar-refractivity contribution in [2.45, 2.75) is 19.9 Å². The topological polar surface area (TPSA) is 120 Å². The number of fused-ring (bicyclic) bond motifs is 1. The van der Waals surface area contributed by atoms with E-state index in [0.29, 0.717) is 37.7 Å². The Bertz CT molecular complexity index is 1880. The van der Waals surface area contributed by atoms with Crippen LogP contribution in [0.3, 0.4) is 0 Å². The summed E-state index contributed by atoms with van der Waals surface area (Å²) >= 11 is 7.44. The van der Waals surface area contributed by atoms with Crippen molar-refractivity contribution >= 4 is 46.4 Å². The molecule has 1 aliphatic heterocycles. The van der Waals surface area contributed by atoms with Gasteiger partial charge in [-0.2, -0.15) is 0 Å². The van der Waals surface area contributed by atoms with Crippen LogP contribution in [0.1, 0.15) is 31.2 Å². The van der Waals surface area contributed by atoms with Gasteiger partial charge in [0.05, 0.1) is 38.4 Å². The van der Waals surface area contributed by atoms with E-state index < -0.39 is 16.9 Å². The molecule has 0 fully saturated rings. The average molecular weight is 593 g/mol. The molecule has 41 heavy (non-hydrogen) atoms. The molecule has 3 heterocycles. The summed E-state index contributed by atoms with van der Waals surface area (Å²) in [6.07, 6.45) is 1.58. The number of furan rings is 1. The number of nitrogens with zero attached hydrogens (tertiary/aromatic N) is 4. The van der Waals surface area contributed by atoms with E-state index in [-0.39, 0.29) is 22.9 Å². The molecule has 2 aromatic heterocycles. The molecule has 0 saturated heterocycles. The number of carbonyl (C=O) groups is 1. The van der Waals surface area contributed by atoms with Crippen LogP contribution in [0, 0.1) is 10.1 Å². The number of hydrogen-bond donors (Lipinski definition) is 0. The number of nitro benzene ring substituents is 1. The van der Waals surface area contributed by atoms with Gasteiger partial charge in [-0.15, -0.1) is 0 Å². The Morgan fingerprint density at radius 1 is 1.22 bits per heavy atom. The smallest absolute Gasteiger partial charge is 0.338 e. The molecule has 0 spiro atoms. The van der Waals surface area contributed by atoms with Crippen LogP contribution in [0.4, 0.5) is 11.4 Å². The minimum absolute atomic E-state index is 0.123. The van der Waals surface area contributed by atoms with Crippen LogP contribution >= 0.6 is 22.9 Å². The monoisotopic (exact) mass is 592 g/mol. The van der Waals surface area contributed by atoms with Crippen LogP contribution in [0.2, 0.25) is 5.02 Å². The lowest BCUT2D eigenvalue weighted by molar-refractivity contribution is -0.384. The van der Waals surface area contributed by atoms with Gasteiger partial charge in [0.25, 0.3) is 11.2 Å². The average Bonchev–Trinajstić information content (AvgIpc) is 3.52. The largest absolute Gasteiger partial charge is 0.463 e. The number of thiazole rings is 1. The molecule has 1 atom stereocenters. The molecule has 4 aromatic rings. The number of carbonyl (C=O) groups excluding carboxylic acids is 1. The molecular weight excluding hydrogens is 568 g/mol. The molecule has 1 aliphatic rings. The summed E-state index contributed by atoms with van der Waals surface area (Å²) in [5, 5.41) is 11.5. The molecule has 0 saturated carbocycles. The van der Waals surface area contributed by atoms with Gasteiger partial charge in [-0.05, 0) is 49.7 Å².